The lowest BCUT2D eigenvalue weighted by Gasteiger charge is -2.39. The Kier molecular flexibility index (Phi) is 7.38. The highest BCUT2D eigenvalue weighted by Crippen LogP contribution is 2.38. The summed E-state index contributed by atoms with van der Waals surface area (Å²) in [6.07, 6.45) is 11.9. The van der Waals surface area contributed by atoms with Crippen LogP contribution in [0.1, 0.15) is 72.9 Å². The van der Waals surface area contributed by atoms with Crippen molar-refractivity contribution < 1.29 is 0 Å². The molecule has 0 spiro atoms. The molecule has 1 saturated carbocycles. The van der Waals surface area contributed by atoms with E-state index in [0.717, 1.165) is 24.9 Å². The number of aromatic nitrogens is 2. The Morgan fingerprint density at radius 3 is 2.45 bits per heavy atom. The van der Waals surface area contributed by atoms with E-state index in [1.54, 1.807) is 0 Å². The van der Waals surface area contributed by atoms with Gasteiger partial charge in [-0.15, -0.1) is 12.4 Å². The maximum absolute atomic E-state index is 5.01. The molecule has 178 valence electrons. The molecule has 0 bridgehead atoms. The molecule has 3 aromatic rings. The number of rotatable bonds is 4. The van der Waals surface area contributed by atoms with Crippen LogP contribution in [0.2, 0.25) is 0 Å². The van der Waals surface area contributed by atoms with E-state index in [1.165, 1.54) is 96.2 Å². The number of benzene rings is 1. The van der Waals surface area contributed by atoms with Crippen molar-refractivity contribution in [1.29, 1.82) is 0 Å². The first-order chi connectivity index (χ1) is 15.5. The molecule has 0 amide bonds. The first-order valence-corrected chi connectivity index (χ1v) is 12.8. The van der Waals surface area contributed by atoms with Crippen LogP contribution in [0.25, 0.3) is 10.9 Å². The Hall–Kier alpha value is -2.00. The molecule has 4 heteroatoms. The lowest BCUT2D eigenvalue weighted by molar-refractivity contribution is 0.220. The van der Waals surface area contributed by atoms with Gasteiger partial charge in [0, 0.05) is 36.9 Å². The number of anilines is 1. The van der Waals surface area contributed by atoms with Gasteiger partial charge in [0.1, 0.15) is 0 Å². The minimum Gasteiger partial charge on any atom is -0.355 e. The number of nitrogens with zero attached hydrogens (tertiary/aromatic N) is 3. The van der Waals surface area contributed by atoms with Crippen molar-refractivity contribution >= 4 is 29.1 Å². The summed E-state index contributed by atoms with van der Waals surface area (Å²) in [4.78, 5) is 7.64. The topological polar surface area (TPSA) is 21.1 Å². The molecule has 1 aliphatic heterocycles. The zero-order valence-electron chi connectivity index (χ0n) is 20.9. The highest BCUT2D eigenvalue weighted by atomic mass is 35.5. The van der Waals surface area contributed by atoms with Crippen molar-refractivity contribution in [3.05, 3.63) is 58.4 Å². The van der Waals surface area contributed by atoms with Crippen molar-refractivity contribution in [3.63, 3.8) is 0 Å². The van der Waals surface area contributed by atoms with Crippen molar-refractivity contribution in [2.45, 2.75) is 79.2 Å². The zero-order valence-corrected chi connectivity index (χ0v) is 21.7. The zero-order chi connectivity index (χ0) is 22.2. The summed E-state index contributed by atoms with van der Waals surface area (Å²) in [5.41, 5.74) is 8.23. The molecule has 2 aromatic heterocycles. The van der Waals surface area contributed by atoms with E-state index >= 15 is 0 Å². The van der Waals surface area contributed by atoms with E-state index in [4.69, 9.17) is 4.98 Å². The first-order valence-electron chi connectivity index (χ1n) is 12.8. The third-order valence-electron chi connectivity index (χ3n) is 8.43. The molecule has 1 atom stereocenters. The van der Waals surface area contributed by atoms with Crippen molar-refractivity contribution in [2.75, 3.05) is 18.0 Å². The predicted molar refractivity (Wildman–Crippen MR) is 143 cm³/mol. The fourth-order valence-corrected chi connectivity index (χ4v) is 6.34. The summed E-state index contributed by atoms with van der Waals surface area (Å²) in [5, 5.41) is 1.37. The average Bonchev–Trinajstić information content (AvgIpc) is 3.07. The second-order valence-corrected chi connectivity index (χ2v) is 10.5. The monoisotopic (exact) mass is 465 g/mol. The van der Waals surface area contributed by atoms with Gasteiger partial charge in [0.2, 0.25) is 0 Å². The molecule has 3 nitrogen and oxygen atoms in total. The smallest absolute Gasteiger partial charge is 0.153 e. The van der Waals surface area contributed by atoms with Gasteiger partial charge in [-0.3, -0.25) is 0 Å². The van der Waals surface area contributed by atoms with Crippen LogP contribution >= 0.6 is 12.4 Å². The Labute approximate surface area is 206 Å². The van der Waals surface area contributed by atoms with Crippen LogP contribution in [0.15, 0.2) is 30.5 Å². The SMILES string of the molecule is Cc1ccc(C)c(Cn2c(C)c(C)c3ccnc(N4CCCC(C5CCCCC5)C4)c32)c1.Cl. The standard InChI is InChI=1S/C29H39N3.ClH/c1-20-12-13-21(2)26(17-20)19-32-23(4)22(3)27-14-15-30-29(28(27)32)31-16-8-11-25(18-31)24-9-6-5-7-10-24;/h12-15,17,24-25H,5-11,16,18-19H2,1-4H3;1H. The molecule has 2 aliphatic rings. The number of halogens is 1. The molecule has 1 saturated heterocycles. The van der Waals surface area contributed by atoms with E-state index in [9.17, 15) is 0 Å². The molecule has 0 radical (unpaired) electrons. The maximum Gasteiger partial charge on any atom is 0.153 e. The molecule has 0 N–H and O–H groups in total. The van der Waals surface area contributed by atoms with Crippen molar-refractivity contribution in [3.8, 4) is 0 Å². The summed E-state index contributed by atoms with van der Waals surface area (Å²) in [6, 6.07) is 9.06. The largest absolute Gasteiger partial charge is 0.355 e. The van der Waals surface area contributed by atoms with Crippen LogP contribution in [-0.4, -0.2) is 22.6 Å². The van der Waals surface area contributed by atoms with Crippen molar-refractivity contribution in [1.82, 2.24) is 9.55 Å². The summed E-state index contributed by atoms with van der Waals surface area (Å²) >= 11 is 0. The minimum atomic E-state index is 0. The Bertz CT molecular complexity index is 1110. The van der Waals surface area contributed by atoms with Gasteiger partial charge in [0.05, 0.1) is 5.52 Å². The van der Waals surface area contributed by atoms with Crippen LogP contribution < -0.4 is 4.90 Å². The predicted octanol–water partition coefficient (Wildman–Crippen LogP) is 7.54. The number of fused-ring (bicyclic) bond motifs is 1. The fourth-order valence-electron chi connectivity index (χ4n) is 6.34. The van der Waals surface area contributed by atoms with Gasteiger partial charge in [-0.25, -0.2) is 4.98 Å². The molecule has 1 aliphatic carbocycles. The molecule has 1 aromatic carbocycles. The van der Waals surface area contributed by atoms with Gasteiger partial charge in [-0.1, -0.05) is 55.9 Å². The number of hydrogen-bond acceptors (Lipinski definition) is 2. The Morgan fingerprint density at radius 2 is 1.67 bits per heavy atom. The number of pyridine rings is 1. The van der Waals surface area contributed by atoms with E-state index in [0.29, 0.717) is 0 Å². The molecular formula is C29H40ClN3. The van der Waals surface area contributed by atoms with Crippen LogP contribution in [0.4, 0.5) is 5.82 Å². The second kappa shape index (κ2) is 10.1. The van der Waals surface area contributed by atoms with Gasteiger partial charge < -0.3 is 9.47 Å². The highest BCUT2D eigenvalue weighted by Gasteiger charge is 2.30. The van der Waals surface area contributed by atoms with E-state index in [-0.39, 0.29) is 12.4 Å². The van der Waals surface area contributed by atoms with Gasteiger partial charge in [0.25, 0.3) is 0 Å². The van der Waals surface area contributed by atoms with Crippen LogP contribution in [0.5, 0.6) is 0 Å². The van der Waals surface area contributed by atoms with Gasteiger partial charge in [-0.05, 0) is 75.1 Å². The average molecular weight is 466 g/mol. The summed E-state index contributed by atoms with van der Waals surface area (Å²) in [6.45, 7) is 12.2. The summed E-state index contributed by atoms with van der Waals surface area (Å²) in [7, 11) is 0. The summed E-state index contributed by atoms with van der Waals surface area (Å²) < 4.78 is 2.54. The van der Waals surface area contributed by atoms with Gasteiger partial charge >= 0.3 is 0 Å². The van der Waals surface area contributed by atoms with Gasteiger partial charge in [-0.2, -0.15) is 0 Å². The van der Waals surface area contributed by atoms with Crippen LogP contribution in [-0.2, 0) is 6.54 Å². The lowest BCUT2D eigenvalue weighted by atomic mass is 9.76. The molecule has 33 heavy (non-hydrogen) atoms. The molecule has 3 heterocycles. The normalized spacial score (nSPS) is 19.6. The first kappa shape index (κ1) is 24.1. The van der Waals surface area contributed by atoms with Crippen molar-refractivity contribution in [2.24, 2.45) is 11.8 Å². The molecular weight excluding hydrogens is 426 g/mol. The number of piperidine rings is 1. The Morgan fingerprint density at radius 1 is 0.909 bits per heavy atom. The van der Waals surface area contributed by atoms with E-state index in [1.807, 2.05) is 6.20 Å². The van der Waals surface area contributed by atoms with Crippen LogP contribution in [0, 0.1) is 39.5 Å². The second-order valence-electron chi connectivity index (χ2n) is 10.5. The summed E-state index contributed by atoms with van der Waals surface area (Å²) in [5.74, 6) is 2.98. The molecule has 2 fully saturated rings. The fraction of sp³-hybridized carbons (Fsp3) is 0.552. The highest BCUT2D eigenvalue weighted by molar-refractivity contribution is 5.93. The number of hydrogen-bond donors (Lipinski definition) is 0. The van der Waals surface area contributed by atoms with Crippen LogP contribution in [0.3, 0.4) is 0 Å². The maximum atomic E-state index is 5.01. The molecule has 1 unspecified atom stereocenters. The quantitative estimate of drug-likeness (QED) is 0.396. The minimum absolute atomic E-state index is 0. The van der Waals surface area contributed by atoms with E-state index < -0.39 is 0 Å². The van der Waals surface area contributed by atoms with E-state index in [2.05, 4.69) is 61.4 Å². The van der Waals surface area contributed by atoms with Gasteiger partial charge in [0.15, 0.2) is 5.82 Å². The Balaban J connectivity index is 0.00000259. The number of aryl methyl sites for hydroxylation is 3. The lowest BCUT2D eigenvalue weighted by Crippen LogP contribution is -2.39. The molecule has 5 rings (SSSR count). The third-order valence-corrected chi connectivity index (χ3v) is 8.43. The third kappa shape index (κ3) is 4.67.